The lowest BCUT2D eigenvalue weighted by molar-refractivity contribution is 0.0994. The van der Waals surface area contributed by atoms with E-state index in [4.69, 9.17) is 32.7 Å². The molecular weight excluding hydrogens is 467 g/mol. The van der Waals surface area contributed by atoms with Crippen molar-refractivity contribution in [3.63, 3.8) is 0 Å². The highest BCUT2D eigenvalue weighted by atomic mass is 35.5. The van der Waals surface area contributed by atoms with Gasteiger partial charge in [-0.1, -0.05) is 64.9 Å². The Kier molecular flexibility index (Phi) is 7.27. The summed E-state index contributed by atoms with van der Waals surface area (Å²) in [6, 6.07) is 20.0. The molecule has 0 radical (unpaired) electrons. The number of carbonyl (C=O) groups is 1. The summed E-state index contributed by atoms with van der Waals surface area (Å²) in [6.45, 7) is 3.47. The Balaban J connectivity index is 1.77. The summed E-state index contributed by atoms with van der Waals surface area (Å²) < 4.78 is 14.2. The van der Waals surface area contributed by atoms with Crippen LogP contribution in [0, 0.1) is 0 Å². The molecule has 0 aliphatic heterocycles. The maximum absolute atomic E-state index is 13.2. The van der Waals surface area contributed by atoms with Crippen molar-refractivity contribution in [2.24, 2.45) is 4.99 Å². The fourth-order valence-electron chi connectivity index (χ4n) is 3.19. The summed E-state index contributed by atoms with van der Waals surface area (Å²) in [5.74, 6) is 0.675. The Bertz CT molecular complexity index is 1320. The minimum absolute atomic E-state index is 0.370. The zero-order chi connectivity index (χ0) is 22.5. The number of carbonyl (C=O) groups excluding carboxylic acids is 1. The van der Waals surface area contributed by atoms with Crippen molar-refractivity contribution in [3.05, 3.63) is 87.1 Å². The molecule has 32 heavy (non-hydrogen) atoms. The molecule has 0 unspecified atom stereocenters. The standard InChI is InChI=1S/C24H20Cl2N2O3S/c1-2-30-15-14-28-22-20(13-12-18(25)21(22)26)32-24(28)27-23(29)17-10-6-7-11-19(17)31-16-8-4-3-5-9-16/h3-13H,2,14-15H2,1H3. The van der Waals surface area contributed by atoms with Gasteiger partial charge in [-0.2, -0.15) is 4.99 Å². The van der Waals surface area contributed by atoms with E-state index in [0.29, 0.717) is 51.7 Å². The maximum atomic E-state index is 13.2. The molecule has 1 aromatic heterocycles. The van der Waals surface area contributed by atoms with E-state index in [2.05, 4.69) is 4.99 Å². The highest BCUT2D eigenvalue weighted by Gasteiger charge is 2.16. The van der Waals surface area contributed by atoms with Gasteiger partial charge in [0.05, 0.1) is 32.4 Å². The Morgan fingerprint density at radius 3 is 2.56 bits per heavy atom. The van der Waals surface area contributed by atoms with Gasteiger partial charge in [-0.3, -0.25) is 4.79 Å². The average molecular weight is 487 g/mol. The van der Waals surface area contributed by atoms with Crippen molar-refractivity contribution >= 4 is 50.7 Å². The first kappa shape index (κ1) is 22.6. The van der Waals surface area contributed by atoms with Gasteiger partial charge in [-0.25, -0.2) is 0 Å². The van der Waals surface area contributed by atoms with Gasteiger partial charge >= 0.3 is 0 Å². The molecule has 5 nitrogen and oxygen atoms in total. The Labute approximate surface area is 199 Å². The summed E-state index contributed by atoms with van der Waals surface area (Å²) in [7, 11) is 0. The van der Waals surface area contributed by atoms with E-state index in [-0.39, 0.29) is 0 Å². The number of nitrogens with zero attached hydrogens (tertiary/aromatic N) is 2. The van der Waals surface area contributed by atoms with Crippen LogP contribution < -0.4 is 9.54 Å². The number of fused-ring (bicyclic) bond motifs is 1. The molecule has 1 amide bonds. The van der Waals surface area contributed by atoms with E-state index in [1.807, 2.05) is 54.0 Å². The predicted molar refractivity (Wildman–Crippen MR) is 129 cm³/mol. The van der Waals surface area contributed by atoms with Crippen LogP contribution in [0.4, 0.5) is 0 Å². The van der Waals surface area contributed by atoms with Gasteiger partial charge in [-0.05, 0) is 43.3 Å². The quantitative estimate of drug-likeness (QED) is 0.277. The molecular formula is C24H20Cl2N2O3S. The van der Waals surface area contributed by atoms with E-state index >= 15 is 0 Å². The second-order valence-electron chi connectivity index (χ2n) is 6.77. The molecule has 0 aliphatic carbocycles. The second kappa shape index (κ2) is 10.3. The zero-order valence-corrected chi connectivity index (χ0v) is 19.6. The van der Waals surface area contributed by atoms with Crippen LogP contribution in [0.3, 0.4) is 0 Å². The van der Waals surface area contributed by atoms with Gasteiger partial charge in [0.1, 0.15) is 11.5 Å². The molecule has 1 heterocycles. The molecule has 0 fully saturated rings. The Morgan fingerprint density at radius 2 is 1.78 bits per heavy atom. The van der Waals surface area contributed by atoms with Gasteiger partial charge in [0, 0.05) is 13.2 Å². The lowest BCUT2D eigenvalue weighted by Crippen LogP contribution is -2.20. The lowest BCUT2D eigenvalue weighted by Gasteiger charge is -2.09. The minimum atomic E-state index is -0.407. The number of ether oxygens (including phenoxy) is 2. The molecule has 0 saturated heterocycles. The summed E-state index contributed by atoms with van der Waals surface area (Å²) in [4.78, 5) is 18.1. The highest BCUT2D eigenvalue weighted by molar-refractivity contribution is 7.16. The Hall–Kier alpha value is -2.64. The average Bonchev–Trinajstić information content (AvgIpc) is 3.15. The molecule has 0 bridgehead atoms. The SMILES string of the molecule is CCOCCn1c(=NC(=O)c2ccccc2Oc2ccccc2)sc2ccc(Cl)c(Cl)c21. The van der Waals surface area contributed by atoms with Crippen molar-refractivity contribution in [3.8, 4) is 11.5 Å². The van der Waals surface area contributed by atoms with Gasteiger partial charge in [0.25, 0.3) is 5.91 Å². The summed E-state index contributed by atoms with van der Waals surface area (Å²) in [6.07, 6.45) is 0. The topological polar surface area (TPSA) is 52.8 Å². The molecule has 3 aromatic carbocycles. The summed E-state index contributed by atoms with van der Waals surface area (Å²) >= 11 is 14.1. The van der Waals surface area contributed by atoms with E-state index in [9.17, 15) is 4.79 Å². The molecule has 164 valence electrons. The predicted octanol–water partition coefficient (Wildman–Crippen LogP) is 6.58. The maximum Gasteiger partial charge on any atom is 0.283 e. The van der Waals surface area contributed by atoms with Crippen LogP contribution in [0.1, 0.15) is 17.3 Å². The van der Waals surface area contributed by atoms with E-state index in [0.717, 1.165) is 10.2 Å². The van der Waals surface area contributed by atoms with Crippen LogP contribution in [0.15, 0.2) is 71.7 Å². The number of amides is 1. The van der Waals surface area contributed by atoms with Crippen molar-refractivity contribution < 1.29 is 14.3 Å². The number of thiazole rings is 1. The van der Waals surface area contributed by atoms with Crippen LogP contribution in [-0.4, -0.2) is 23.7 Å². The van der Waals surface area contributed by atoms with Gasteiger partial charge in [0.15, 0.2) is 4.80 Å². The van der Waals surface area contributed by atoms with E-state index < -0.39 is 5.91 Å². The van der Waals surface area contributed by atoms with Crippen molar-refractivity contribution in [1.29, 1.82) is 0 Å². The monoisotopic (exact) mass is 486 g/mol. The number of benzene rings is 3. The number of hydrogen-bond acceptors (Lipinski definition) is 4. The Morgan fingerprint density at radius 1 is 1.03 bits per heavy atom. The van der Waals surface area contributed by atoms with Crippen LogP contribution >= 0.6 is 34.5 Å². The molecule has 8 heteroatoms. The van der Waals surface area contributed by atoms with Crippen LogP contribution in [0.2, 0.25) is 10.0 Å². The highest BCUT2D eigenvalue weighted by Crippen LogP contribution is 2.32. The smallest absolute Gasteiger partial charge is 0.283 e. The van der Waals surface area contributed by atoms with Gasteiger partial charge < -0.3 is 14.0 Å². The zero-order valence-electron chi connectivity index (χ0n) is 17.3. The second-order valence-corrected chi connectivity index (χ2v) is 8.56. The number of rotatable bonds is 7. The third-order valence-electron chi connectivity index (χ3n) is 4.68. The fraction of sp³-hybridized carbons (Fsp3) is 0.167. The molecule has 0 saturated carbocycles. The first-order valence-electron chi connectivity index (χ1n) is 10.0. The summed E-state index contributed by atoms with van der Waals surface area (Å²) in [5, 5.41) is 0.875. The van der Waals surface area contributed by atoms with Crippen LogP contribution in [-0.2, 0) is 11.3 Å². The van der Waals surface area contributed by atoms with Gasteiger partial charge in [0.2, 0.25) is 0 Å². The molecule has 4 rings (SSSR count). The van der Waals surface area contributed by atoms with Crippen LogP contribution in [0.25, 0.3) is 10.2 Å². The van der Waals surface area contributed by atoms with Crippen LogP contribution in [0.5, 0.6) is 11.5 Å². The first-order valence-corrected chi connectivity index (χ1v) is 11.6. The number of para-hydroxylation sites is 2. The minimum Gasteiger partial charge on any atom is -0.457 e. The van der Waals surface area contributed by atoms with Crippen molar-refractivity contribution in [2.75, 3.05) is 13.2 Å². The molecule has 0 aliphatic rings. The summed E-state index contributed by atoms with van der Waals surface area (Å²) in [5.41, 5.74) is 1.11. The largest absolute Gasteiger partial charge is 0.457 e. The third-order valence-corrected chi connectivity index (χ3v) is 6.52. The van der Waals surface area contributed by atoms with E-state index in [1.165, 1.54) is 11.3 Å². The molecule has 0 N–H and O–H groups in total. The van der Waals surface area contributed by atoms with Gasteiger partial charge in [-0.15, -0.1) is 0 Å². The normalized spacial score (nSPS) is 11.8. The first-order chi connectivity index (χ1) is 15.6. The number of aromatic nitrogens is 1. The fourth-order valence-corrected chi connectivity index (χ4v) is 4.73. The number of halogens is 2. The number of hydrogen-bond donors (Lipinski definition) is 0. The lowest BCUT2D eigenvalue weighted by atomic mass is 10.2. The molecule has 4 aromatic rings. The van der Waals surface area contributed by atoms with Crippen molar-refractivity contribution in [1.82, 2.24) is 4.57 Å². The third kappa shape index (κ3) is 4.89. The molecule has 0 atom stereocenters. The molecule has 0 spiro atoms. The van der Waals surface area contributed by atoms with Crippen molar-refractivity contribution in [2.45, 2.75) is 13.5 Å². The van der Waals surface area contributed by atoms with E-state index in [1.54, 1.807) is 24.3 Å².